The van der Waals surface area contributed by atoms with Gasteiger partial charge in [0.05, 0.1) is 20.0 Å². The molecule has 1 aliphatic heterocycles. The van der Waals surface area contributed by atoms with Crippen LogP contribution in [-0.4, -0.2) is 46.1 Å². The van der Waals surface area contributed by atoms with Gasteiger partial charge < -0.3 is 19.9 Å². The zero-order chi connectivity index (χ0) is 23.8. The number of ether oxygens (including phenoxy) is 1. The zero-order valence-corrected chi connectivity index (χ0v) is 19.2. The van der Waals surface area contributed by atoms with Crippen molar-refractivity contribution < 1.29 is 9.53 Å². The predicted octanol–water partition coefficient (Wildman–Crippen LogP) is 2.30. The second kappa shape index (κ2) is 8.95. The summed E-state index contributed by atoms with van der Waals surface area (Å²) < 4.78 is 8.51. The molecule has 1 aliphatic carbocycles. The van der Waals surface area contributed by atoms with Crippen molar-refractivity contribution in [2.75, 3.05) is 25.1 Å². The Bertz CT molecular complexity index is 1350. The van der Waals surface area contributed by atoms with Gasteiger partial charge in [-0.05, 0) is 43.7 Å². The molecule has 2 fully saturated rings. The molecule has 9 nitrogen and oxygen atoms in total. The summed E-state index contributed by atoms with van der Waals surface area (Å²) in [7, 11) is 1.54. The molecule has 2 N–H and O–H groups in total. The Balaban J connectivity index is 1.60. The number of rotatable bonds is 7. The van der Waals surface area contributed by atoms with Gasteiger partial charge in [0.25, 0.3) is 5.56 Å². The largest absolute Gasteiger partial charge is 0.497 e. The van der Waals surface area contributed by atoms with Gasteiger partial charge in [0.1, 0.15) is 34.2 Å². The number of piperidine rings is 1. The highest BCUT2D eigenvalue weighted by molar-refractivity contribution is 5.96. The number of hydrogen-bond donors (Lipinski definition) is 1. The molecule has 9 heteroatoms. The lowest BCUT2D eigenvalue weighted by molar-refractivity contribution is 0.0970. The molecule has 2 aromatic heterocycles. The van der Waals surface area contributed by atoms with E-state index in [9.17, 15) is 14.9 Å². The summed E-state index contributed by atoms with van der Waals surface area (Å²) in [5, 5.41) is 10.0. The van der Waals surface area contributed by atoms with E-state index in [-0.39, 0.29) is 23.9 Å². The molecule has 0 amide bonds. The number of carbonyl (C=O) groups excluding carboxylic acids is 1. The number of aromatic nitrogens is 3. The van der Waals surface area contributed by atoms with Crippen molar-refractivity contribution in [3.63, 3.8) is 0 Å². The van der Waals surface area contributed by atoms with E-state index in [1.54, 1.807) is 31.4 Å². The van der Waals surface area contributed by atoms with Gasteiger partial charge in [0, 0.05) is 31.2 Å². The Kier molecular flexibility index (Phi) is 5.84. The molecular weight excluding hydrogens is 432 g/mol. The maximum Gasteiger partial charge on any atom is 0.278 e. The van der Waals surface area contributed by atoms with E-state index in [0.717, 1.165) is 38.0 Å². The van der Waals surface area contributed by atoms with Crippen LogP contribution in [0.25, 0.3) is 11.0 Å². The van der Waals surface area contributed by atoms with Crippen molar-refractivity contribution in [3.8, 4) is 11.8 Å². The van der Waals surface area contributed by atoms with Gasteiger partial charge in [-0.15, -0.1) is 0 Å². The van der Waals surface area contributed by atoms with Crippen LogP contribution in [0.1, 0.15) is 41.6 Å². The number of carbonyl (C=O) groups is 1. The maximum atomic E-state index is 13.6. The number of methoxy groups -OCH3 is 1. The summed E-state index contributed by atoms with van der Waals surface area (Å²) in [5.74, 6) is 1.57. The first-order valence-corrected chi connectivity index (χ1v) is 11.7. The van der Waals surface area contributed by atoms with Gasteiger partial charge in [-0.2, -0.15) is 5.26 Å². The van der Waals surface area contributed by atoms with Crippen molar-refractivity contribution in [1.82, 2.24) is 14.1 Å². The van der Waals surface area contributed by atoms with Crippen molar-refractivity contribution in [1.29, 1.82) is 5.26 Å². The molecule has 2 aliphatic rings. The zero-order valence-electron chi connectivity index (χ0n) is 19.2. The van der Waals surface area contributed by atoms with Crippen LogP contribution >= 0.6 is 0 Å². The number of ketones is 1. The number of fused-ring (bicyclic) bond motifs is 1. The molecule has 1 saturated heterocycles. The van der Waals surface area contributed by atoms with Gasteiger partial charge in [-0.1, -0.05) is 12.1 Å². The Hall–Kier alpha value is -3.64. The van der Waals surface area contributed by atoms with Crippen LogP contribution < -0.4 is 20.9 Å². The van der Waals surface area contributed by atoms with Gasteiger partial charge in [-0.3, -0.25) is 14.2 Å². The SMILES string of the molecule is COc1cccc(C(=O)Cn2cnc3c(C#N)c(N4CCCC(N)C4)n(CC4CC4)c3c2=O)c1. The first kappa shape index (κ1) is 22.2. The van der Waals surface area contributed by atoms with Crippen LogP contribution in [-0.2, 0) is 13.1 Å². The molecule has 1 unspecified atom stereocenters. The molecule has 1 aromatic carbocycles. The van der Waals surface area contributed by atoms with E-state index >= 15 is 0 Å². The first-order chi connectivity index (χ1) is 16.5. The summed E-state index contributed by atoms with van der Waals surface area (Å²) >= 11 is 0. The minimum absolute atomic E-state index is 0.0257. The molecule has 34 heavy (non-hydrogen) atoms. The van der Waals surface area contributed by atoms with Gasteiger partial charge in [0.2, 0.25) is 0 Å². The number of nitrogens with two attached hydrogens (primary N) is 1. The third-order valence-corrected chi connectivity index (χ3v) is 6.71. The van der Waals surface area contributed by atoms with Crippen molar-refractivity contribution >= 4 is 22.6 Å². The van der Waals surface area contributed by atoms with Crippen LogP contribution in [0.3, 0.4) is 0 Å². The summed E-state index contributed by atoms with van der Waals surface area (Å²) in [6, 6.07) is 9.18. The molecule has 176 valence electrons. The van der Waals surface area contributed by atoms with Crippen LogP contribution in [0.5, 0.6) is 5.75 Å². The highest BCUT2D eigenvalue weighted by Gasteiger charge is 2.31. The minimum Gasteiger partial charge on any atom is -0.497 e. The van der Waals surface area contributed by atoms with E-state index in [0.29, 0.717) is 46.9 Å². The van der Waals surface area contributed by atoms with E-state index in [2.05, 4.69) is 16.0 Å². The molecule has 0 bridgehead atoms. The van der Waals surface area contributed by atoms with E-state index in [1.807, 2.05) is 4.57 Å². The Morgan fingerprint density at radius 1 is 1.32 bits per heavy atom. The fourth-order valence-corrected chi connectivity index (χ4v) is 4.78. The summed E-state index contributed by atoms with van der Waals surface area (Å²) in [6.45, 7) is 1.93. The number of hydrogen-bond acceptors (Lipinski definition) is 7. The fraction of sp³-hybridized carbons (Fsp3) is 0.440. The quantitative estimate of drug-likeness (QED) is 0.537. The van der Waals surface area contributed by atoms with Crippen LogP contribution in [0.2, 0.25) is 0 Å². The predicted molar refractivity (Wildman–Crippen MR) is 128 cm³/mol. The normalized spacial score (nSPS) is 18.1. The number of Topliss-reactive ketones (excluding diaryl/α,β-unsaturated/α-hetero) is 1. The number of benzene rings is 1. The molecule has 1 saturated carbocycles. The van der Waals surface area contributed by atoms with Crippen molar-refractivity contribution in [2.45, 2.75) is 44.8 Å². The Morgan fingerprint density at radius 2 is 2.15 bits per heavy atom. The molecule has 3 aromatic rings. The third kappa shape index (κ3) is 4.05. The van der Waals surface area contributed by atoms with Crippen LogP contribution in [0, 0.1) is 17.2 Å². The minimum atomic E-state index is -0.314. The molecular formula is C25H28N6O3. The van der Waals surface area contributed by atoms with Crippen LogP contribution in [0.4, 0.5) is 5.82 Å². The average molecular weight is 461 g/mol. The smallest absolute Gasteiger partial charge is 0.278 e. The lowest BCUT2D eigenvalue weighted by Gasteiger charge is -2.33. The average Bonchev–Trinajstić information content (AvgIpc) is 3.61. The third-order valence-electron chi connectivity index (χ3n) is 6.71. The Labute approximate surface area is 197 Å². The Morgan fingerprint density at radius 3 is 2.85 bits per heavy atom. The summed E-state index contributed by atoms with van der Waals surface area (Å²) in [5.41, 5.74) is 7.57. The monoisotopic (exact) mass is 460 g/mol. The molecule has 0 spiro atoms. The van der Waals surface area contributed by atoms with Gasteiger partial charge >= 0.3 is 0 Å². The molecule has 5 rings (SSSR count). The highest BCUT2D eigenvalue weighted by atomic mass is 16.5. The highest BCUT2D eigenvalue weighted by Crippen LogP contribution is 2.37. The van der Waals surface area contributed by atoms with E-state index in [4.69, 9.17) is 10.5 Å². The summed E-state index contributed by atoms with van der Waals surface area (Å²) in [6.07, 6.45) is 5.45. The summed E-state index contributed by atoms with van der Waals surface area (Å²) in [4.78, 5) is 33.2. The molecule has 0 radical (unpaired) electrons. The molecule has 1 atom stereocenters. The second-order valence-corrected chi connectivity index (χ2v) is 9.24. The second-order valence-electron chi connectivity index (χ2n) is 9.24. The molecule has 3 heterocycles. The first-order valence-electron chi connectivity index (χ1n) is 11.7. The van der Waals surface area contributed by atoms with Crippen LogP contribution in [0.15, 0.2) is 35.4 Å². The topological polar surface area (TPSA) is 119 Å². The number of nitriles is 1. The fourth-order valence-electron chi connectivity index (χ4n) is 4.78. The van der Waals surface area contributed by atoms with Crippen molar-refractivity contribution in [3.05, 3.63) is 52.1 Å². The van der Waals surface area contributed by atoms with Crippen molar-refractivity contribution in [2.24, 2.45) is 11.7 Å². The number of nitrogens with zero attached hydrogens (tertiary/aromatic N) is 5. The van der Waals surface area contributed by atoms with Gasteiger partial charge in [0.15, 0.2) is 5.78 Å². The standard InChI is InChI=1S/C25H28N6O3/c1-34-19-6-2-4-17(10-19)21(32)14-30-15-28-22-20(11-26)24(29-9-3-5-18(27)13-29)31(12-16-7-8-16)23(22)25(30)33/h2,4,6,10,15-16,18H,3,5,7-9,12-14,27H2,1H3. The van der Waals surface area contributed by atoms with E-state index in [1.165, 1.54) is 10.9 Å². The lowest BCUT2D eigenvalue weighted by Crippen LogP contribution is -2.44. The lowest BCUT2D eigenvalue weighted by atomic mass is 10.1. The van der Waals surface area contributed by atoms with E-state index < -0.39 is 0 Å². The van der Waals surface area contributed by atoms with Gasteiger partial charge in [-0.25, -0.2) is 4.98 Å². The maximum absolute atomic E-state index is 13.6. The number of anilines is 1.